The third-order valence-corrected chi connectivity index (χ3v) is 4.13. The van der Waals surface area contributed by atoms with Gasteiger partial charge in [0, 0.05) is 6.54 Å². The van der Waals surface area contributed by atoms with E-state index in [-0.39, 0.29) is 11.4 Å². The molecule has 2 N–H and O–H groups in total. The van der Waals surface area contributed by atoms with Crippen molar-refractivity contribution >= 4 is 10.0 Å². The Morgan fingerprint density at radius 2 is 2.06 bits per heavy atom. The van der Waals surface area contributed by atoms with Gasteiger partial charge in [-0.3, -0.25) is 0 Å². The molecule has 0 aromatic heterocycles. The van der Waals surface area contributed by atoms with Gasteiger partial charge < -0.3 is 5.11 Å². The third-order valence-electron chi connectivity index (χ3n) is 2.73. The standard InChI is InChI=1S/C13H21NO3S/c1-4-8-13(3,15)10-14-18(16,17)12-7-5-6-11(2)9-12/h5-7,9,14-15H,4,8,10H2,1-3H3. The molecule has 5 heteroatoms. The summed E-state index contributed by atoms with van der Waals surface area (Å²) in [7, 11) is -3.54. The highest BCUT2D eigenvalue weighted by Crippen LogP contribution is 2.14. The first-order valence-corrected chi connectivity index (χ1v) is 7.54. The molecule has 1 atom stereocenters. The van der Waals surface area contributed by atoms with Crippen molar-refractivity contribution in [1.82, 2.24) is 4.72 Å². The van der Waals surface area contributed by atoms with E-state index in [1.807, 2.05) is 19.9 Å². The molecule has 0 radical (unpaired) electrons. The molecule has 1 unspecified atom stereocenters. The van der Waals surface area contributed by atoms with Crippen LogP contribution in [0.15, 0.2) is 29.2 Å². The molecule has 0 aliphatic rings. The Hall–Kier alpha value is -0.910. The second kappa shape index (κ2) is 5.82. The van der Waals surface area contributed by atoms with Crippen molar-refractivity contribution in [2.24, 2.45) is 0 Å². The number of hydrogen-bond acceptors (Lipinski definition) is 3. The van der Waals surface area contributed by atoms with Crippen molar-refractivity contribution in [2.75, 3.05) is 6.54 Å². The van der Waals surface area contributed by atoms with Crippen molar-refractivity contribution in [2.45, 2.75) is 44.1 Å². The minimum Gasteiger partial charge on any atom is -0.389 e. The minimum absolute atomic E-state index is 0.0249. The van der Waals surface area contributed by atoms with Crippen LogP contribution in [0.5, 0.6) is 0 Å². The summed E-state index contributed by atoms with van der Waals surface area (Å²) in [5.74, 6) is 0. The number of hydrogen-bond donors (Lipinski definition) is 2. The molecule has 1 aromatic rings. The zero-order chi connectivity index (χ0) is 13.8. The fourth-order valence-corrected chi connectivity index (χ4v) is 3.01. The number of sulfonamides is 1. The Morgan fingerprint density at radius 1 is 1.39 bits per heavy atom. The van der Waals surface area contributed by atoms with Crippen LogP contribution in [0.2, 0.25) is 0 Å². The summed E-state index contributed by atoms with van der Waals surface area (Å²) in [5, 5.41) is 9.95. The van der Waals surface area contributed by atoms with E-state index in [9.17, 15) is 13.5 Å². The van der Waals surface area contributed by atoms with Crippen LogP contribution in [0.4, 0.5) is 0 Å². The van der Waals surface area contributed by atoms with Crippen LogP contribution in [0, 0.1) is 6.92 Å². The molecule has 0 amide bonds. The maximum Gasteiger partial charge on any atom is 0.240 e. The Kier molecular flexibility index (Phi) is 4.90. The monoisotopic (exact) mass is 271 g/mol. The zero-order valence-corrected chi connectivity index (χ0v) is 11.9. The molecule has 102 valence electrons. The second-order valence-corrected chi connectivity index (χ2v) is 6.65. The number of rotatable bonds is 6. The predicted molar refractivity (Wildman–Crippen MR) is 71.9 cm³/mol. The Labute approximate surface area is 109 Å². The summed E-state index contributed by atoms with van der Waals surface area (Å²) in [6.07, 6.45) is 1.36. The zero-order valence-electron chi connectivity index (χ0n) is 11.1. The molecule has 0 bridgehead atoms. The van der Waals surface area contributed by atoms with Gasteiger partial charge in [0.25, 0.3) is 0 Å². The van der Waals surface area contributed by atoms with Gasteiger partial charge in [0.2, 0.25) is 10.0 Å². The topological polar surface area (TPSA) is 66.4 Å². The predicted octanol–water partition coefficient (Wildman–Crippen LogP) is 1.82. The molecule has 0 saturated carbocycles. The van der Waals surface area contributed by atoms with Crippen molar-refractivity contribution in [3.05, 3.63) is 29.8 Å². The fraction of sp³-hybridized carbons (Fsp3) is 0.538. The number of nitrogens with one attached hydrogen (secondary N) is 1. The lowest BCUT2D eigenvalue weighted by molar-refractivity contribution is 0.0554. The van der Waals surface area contributed by atoms with E-state index in [0.29, 0.717) is 6.42 Å². The molecular formula is C13H21NO3S. The minimum atomic E-state index is -3.54. The average Bonchev–Trinajstić information content (AvgIpc) is 2.27. The average molecular weight is 271 g/mol. The maximum absolute atomic E-state index is 12.0. The number of aliphatic hydroxyl groups is 1. The van der Waals surface area contributed by atoms with Gasteiger partial charge in [-0.1, -0.05) is 25.5 Å². The van der Waals surface area contributed by atoms with Crippen LogP contribution in [0.1, 0.15) is 32.3 Å². The van der Waals surface area contributed by atoms with Gasteiger partial charge in [-0.15, -0.1) is 0 Å². The van der Waals surface area contributed by atoms with Crippen LogP contribution in [0.25, 0.3) is 0 Å². The van der Waals surface area contributed by atoms with Crippen molar-refractivity contribution in [3.63, 3.8) is 0 Å². The fourth-order valence-electron chi connectivity index (χ4n) is 1.74. The Bertz CT molecular complexity index is 495. The summed E-state index contributed by atoms with van der Waals surface area (Å²) in [6, 6.07) is 6.70. The first-order valence-electron chi connectivity index (χ1n) is 6.05. The van der Waals surface area contributed by atoms with E-state index >= 15 is 0 Å². The lowest BCUT2D eigenvalue weighted by Crippen LogP contribution is -2.40. The van der Waals surface area contributed by atoms with Gasteiger partial charge in [-0.05, 0) is 38.0 Å². The van der Waals surface area contributed by atoms with E-state index in [0.717, 1.165) is 12.0 Å². The molecular weight excluding hydrogens is 250 g/mol. The van der Waals surface area contributed by atoms with Crippen molar-refractivity contribution in [3.8, 4) is 0 Å². The normalized spacial score (nSPS) is 15.3. The van der Waals surface area contributed by atoms with Crippen LogP contribution in [-0.2, 0) is 10.0 Å². The van der Waals surface area contributed by atoms with E-state index in [4.69, 9.17) is 0 Å². The first-order chi connectivity index (χ1) is 8.27. The maximum atomic E-state index is 12.0. The lowest BCUT2D eigenvalue weighted by atomic mass is 10.0. The molecule has 4 nitrogen and oxygen atoms in total. The SMILES string of the molecule is CCCC(C)(O)CNS(=O)(=O)c1cccc(C)c1. The Morgan fingerprint density at radius 3 is 2.61 bits per heavy atom. The van der Waals surface area contributed by atoms with Gasteiger partial charge in [-0.2, -0.15) is 0 Å². The van der Waals surface area contributed by atoms with E-state index < -0.39 is 15.6 Å². The van der Waals surface area contributed by atoms with Crippen LogP contribution in [0.3, 0.4) is 0 Å². The highest BCUT2D eigenvalue weighted by Gasteiger charge is 2.23. The van der Waals surface area contributed by atoms with Gasteiger partial charge in [0.05, 0.1) is 10.5 Å². The lowest BCUT2D eigenvalue weighted by Gasteiger charge is -2.22. The van der Waals surface area contributed by atoms with Gasteiger partial charge in [0.15, 0.2) is 0 Å². The van der Waals surface area contributed by atoms with Crippen LogP contribution >= 0.6 is 0 Å². The van der Waals surface area contributed by atoms with E-state index in [1.54, 1.807) is 25.1 Å². The molecule has 1 rings (SSSR count). The summed E-state index contributed by atoms with van der Waals surface area (Å²) < 4.78 is 26.5. The van der Waals surface area contributed by atoms with Gasteiger partial charge >= 0.3 is 0 Å². The highest BCUT2D eigenvalue weighted by atomic mass is 32.2. The highest BCUT2D eigenvalue weighted by molar-refractivity contribution is 7.89. The summed E-state index contributed by atoms with van der Waals surface area (Å²) in [6.45, 7) is 5.45. The van der Waals surface area contributed by atoms with Crippen molar-refractivity contribution < 1.29 is 13.5 Å². The molecule has 0 spiro atoms. The number of benzene rings is 1. The molecule has 18 heavy (non-hydrogen) atoms. The smallest absolute Gasteiger partial charge is 0.240 e. The van der Waals surface area contributed by atoms with Crippen LogP contribution < -0.4 is 4.72 Å². The summed E-state index contributed by atoms with van der Waals surface area (Å²) >= 11 is 0. The Balaban J connectivity index is 2.78. The third kappa shape index (κ3) is 4.40. The molecule has 0 aliphatic heterocycles. The molecule has 0 saturated heterocycles. The summed E-state index contributed by atoms with van der Waals surface area (Å²) in [4.78, 5) is 0.231. The second-order valence-electron chi connectivity index (χ2n) is 4.89. The van der Waals surface area contributed by atoms with Crippen molar-refractivity contribution in [1.29, 1.82) is 0 Å². The molecule has 0 fully saturated rings. The van der Waals surface area contributed by atoms with Crippen LogP contribution in [-0.4, -0.2) is 25.7 Å². The molecule has 1 aromatic carbocycles. The van der Waals surface area contributed by atoms with Gasteiger partial charge in [-0.25, -0.2) is 13.1 Å². The molecule has 0 heterocycles. The molecule has 0 aliphatic carbocycles. The van der Waals surface area contributed by atoms with E-state index in [2.05, 4.69) is 4.72 Å². The largest absolute Gasteiger partial charge is 0.389 e. The summed E-state index contributed by atoms with van der Waals surface area (Å²) in [5.41, 5.74) is -0.121. The first kappa shape index (κ1) is 15.1. The van der Waals surface area contributed by atoms with E-state index in [1.165, 1.54) is 0 Å². The van der Waals surface area contributed by atoms with Gasteiger partial charge in [0.1, 0.15) is 0 Å². The quantitative estimate of drug-likeness (QED) is 0.829. The number of aryl methyl sites for hydroxylation is 1.